The molecule has 1 N–H and O–H groups in total. The van der Waals surface area contributed by atoms with Crippen LogP contribution >= 0.6 is 0 Å². The Labute approximate surface area is 146 Å². The predicted octanol–water partition coefficient (Wildman–Crippen LogP) is -0.255. The van der Waals surface area contributed by atoms with E-state index in [2.05, 4.69) is 20.2 Å². The van der Waals surface area contributed by atoms with Crippen molar-refractivity contribution in [2.24, 2.45) is 0 Å². The lowest BCUT2D eigenvalue weighted by molar-refractivity contribution is -0.131. The monoisotopic (exact) mass is 364 g/mol. The molecule has 2 aromatic rings. The first kappa shape index (κ1) is 17.5. The highest BCUT2D eigenvalue weighted by molar-refractivity contribution is 7.88. The maximum absolute atomic E-state index is 12.5. The minimum atomic E-state index is -3.26. The molecule has 0 aliphatic carbocycles. The van der Waals surface area contributed by atoms with Gasteiger partial charge in [0.15, 0.2) is 0 Å². The molecule has 0 saturated carbocycles. The van der Waals surface area contributed by atoms with E-state index >= 15 is 0 Å². The third-order valence-corrected chi connectivity index (χ3v) is 4.82. The highest BCUT2D eigenvalue weighted by Crippen LogP contribution is 2.14. The SMILES string of the molecule is CS(=O)(=O)NC1CCCN(C(=O)Cc2ccc(-n3cnnn3)cc2)C1. The summed E-state index contributed by atoms with van der Waals surface area (Å²) in [5.41, 5.74) is 1.71. The van der Waals surface area contributed by atoms with E-state index in [4.69, 9.17) is 0 Å². The van der Waals surface area contributed by atoms with Gasteiger partial charge in [0, 0.05) is 19.1 Å². The van der Waals surface area contributed by atoms with Crippen LogP contribution in [0.2, 0.25) is 0 Å². The van der Waals surface area contributed by atoms with Crippen molar-refractivity contribution in [2.45, 2.75) is 25.3 Å². The maximum atomic E-state index is 12.5. The highest BCUT2D eigenvalue weighted by Gasteiger charge is 2.25. The normalized spacial score (nSPS) is 18.3. The second-order valence-corrected chi connectivity index (χ2v) is 7.95. The topological polar surface area (TPSA) is 110 Å². The first-order valence-electron chi connectivity index (χ1n) is 7.98. The van der Waals surface area contributed by atoms with Gasteiger partial charge in [-0.05, 0) is 41.0 Å². The zero-order chi connectivity index (χ0) is 17.9. The largest absolute Gasteiger partial charge is 0.341 e. The Kier molecular flexibility index (Phi) is 5.09. The third kappa shape index (κ3) is 4.83. The minimum absolute atomic E-state index is 0.00447. The van der Waals surface area contributed by atoms with Gasteiger partial charge >= 0.3 is 0 Å². The molecular weight excluding hydrogens is 344 g/mol. The van der Waals surface area contributed by atoms with Crippen LogP contribution in [0.4, 0.5) is 0 Å². The molecule has 1 aliphatic heterocycles. The van der Waals surface area contributed by atoms with Crippen LogP contribution in [0.5, 0.6) is 0 Å². The van der Waals surface area contributed by atoms with Gasteiger partial charge in [-0.25, -0.2) is 17.8 Å². The van der Waals surface area contributed by atoms with Gasteiger partial charge in [-0.2, -0.15) is 0 Å². The molecule has 0 spiro atoms. The number of carbonyl (C=O) groups is 1. The fourth-order valence-electron chi connectivity index (χ4n) is 2.94. The standard InChI is InChI=1S/C15H20N6O3S/c1-25(23,24)17-13-3-2-8-20(10-13)15(22)9-12-4-6-14(7-5-12)21-11-16-18-19-21/h4-7,11,13,17H,2-3,8-10H2,1H3. The lowest BCUT2D eigenvalue weighted by Crippen LogP contribution is -2.49. The number of nitrogens with zero attached hydrogens (tertiary/aromatic N) is 5. The van der Waals surface area contributed by atoms with Gasteiger partial charge in [-0.15, -0.1) is 5.10 Å². The van der Waals surface area contributed by atoms with Gasteiger partial charge in [0.1, 0.15) is 6.33 Å². The molecule has 25 heavy (non-hydrogen) atoms. The van der Waals surface area contributed by atoms with E-state index in [1.165, 1.54) is 11.0 Å². The Morgan fingerprint density at radius 3 is 2.72 bits per heavy atom. The van der Waals surface area contributed by atoms with E-state index < -0.39 is 10.0 Å². The molecule has 1 aliphatic rings. The van der Waals surface area contributed by atoms with Crippen LogP contribution in [0.3, 0.4) is 0 Å². The molecule has 134 valence electrons. The average molecular weight is 364 g/mol. The van der Waals surface area contributed by atoms with Crippen LogP contribution in [-0.4, -0.2) is 64.8 Å². The van der Waals surface area contributed by atoms with Crippen molar-refractivity contribution in [1.29, 1.82) is 0 Å². The Balaban J connectivity index is 1.60. The van der Waals surface area contributed by atoms with Crippen molar-refractivity contribution in [2.75, 3.05) is 19.3 Å². The summed E-state index contributed by atoms with van der Waals surface area (Å²) in [6, 6.07) is 7.22. The maximum Gasteiger partial charge on any atom is 0.227 e. The van der Waals surface area contributed by atoms with E-state index in [9.17, 15) is 13.2 Å². The predicted molar refractivity (Wildman–Crippen MR) is 90.4 cm³/mol. The summed E-state index contributed by atoms with van der Waals surface area (Å²) >= 11 is 0. The van der Waals surface area contributed by atoms with Gasteiger partial charge in [-0.3, -0.25) is 4.79 Å². The highest BCUT2D eigenvalue weighted by atomic mass is 32.2. The Bertz CT molecular complexity index is 819. The number of likely N-dealkylation sites (tertiary alicyclic amines) is 1. The zero-order valence-corrected chi connectivity index (χ0v) is 14.7. The molecule has 0 radical (unpaired) electrons. The molecule has 1 amide bonds. The molecular formula is C15H20N6O3S. The van der Waals surface area contributed by atoms with Gasteiger partial charge in [0.25, 0.3) is 0 Å². The van der Waals surface area contributed by atoms with Crippen LogP contribution in [0.25, 0.3) is 5.69 Å². The number of amides is 1. The molecule has 1 aromatic heterocycles. The molecule has 0 bridgehead atoms. The van der Waals surface area contributed by atoms with Crippen LogP contribution in [0.1, 0.15) is 18.4 Å². The number of hydrogen-bond acceptors (Lipinski definition) is 6. The molecule has 9 nitrogen and oxygen atoms in total. The van der Waals surface area contributed by atoms with E-state index in [1.807, 2.05) is 24.3 Å². The summed E-state index contributed by atoms with van der Waals surface area (Å²) in [6.07, 6.45) is 4.46. The Hall–Kier alpha value is -2.33. The van der Waals surface area contributed by atoms with Gasteiger partial charge in [-0.1, -0.05) is 12.1 Å². The summed E-state index contributed by atoms with van der Waals surface area (Å²) < 4.78 is 26.9. The van der Waals surface area contributed by atoms with E-state index in [0.717, 1.165) is 30.3 Å². The minimum Gasteiger partial charge on any atom is -0.341 e. The lowest BCUT2D eigenvalue weighted by atomic mass is 10.0. The number of benzene rings is 1. The van der Waals surface area contributed by atoms with E-state index in [0.29, 0.717) is 13.1 Å². The molecule has 1 atom stereocenters. The lowest BCUT2D eigenvalue weighted by Gasteiger charge is -2.32. The Morgan fingerprint density at radius 1 is 1.32 bits per heavy atom. The van der Waals surface area contributed by atoms with E-state index in [1.54, 1.807) is 4.90 Å². The molecule has 1 unspecified atom stereocenters. The van der Waals surface area contributed by atoms with E-state index in [-0.39, 0.29) is 18.4 Å². The number of aromatic nitrogens is 4. The van der Waals surface area contributed by atoms with Crippen molar-refractivity contribution in [3.8, 4) is 5.69 Å². The Morgan fingerprint density at radius 2 is 2.08 bits per heavy atom. The number of rotatable bonds is 5. The number of piperidine rings is 1. The number of nitrogens with one attached hydrogen (secondary N) is 1. The van der Waals surface area contributed by atoms with Crippen LogP contribution in [0.15, 0.2) is 30.6 Å². The molecule has 1 saturated heterocycles. The van der Waals surface area contributed by atoms with Gasteiger partial charge < -0.3 is 4.90 Å². The molecule has 3 rings (SSSR count). The quantitative estimate of drug-likeness (QED) is 0.783. The van der Waals surface area contributed by atoms with Crippen molar-refractivity contribution in [1.82, 2.24) is 29.8 Å². The second kappa shape index (κ2) is 7.28. The average Bonchev–Trinajstić information content (AvgIpc) is 3.08. The zero-order valence-electron chi connectivity index (χ0n) is 13.9. The van der Waals surface area contributed by atoms with Gasteiger partial charge in [0.2, 0.25) is 15.9 Å². The van der Waals surface area contributed by atoms with Crippen LogP contribution in [-0.2, 0) is 21.2 Å². The number of tetrazole rings is 1. The summed E-state index contributed by atoms with van der Waals surface area (Å²) in [5.74, 6) is -0.00447. The van der Waals surface area contributed by atoms with Crippen LogP contribution in [0, 0.1) is 0 Å². The first-order valence-corrected chi connectivity index (χ1v) is 9.87. The molecule has 2 heterocycles. The van der Waals surface area contributed by atoms with Crippen molar-refractivity contribution < 1.29 is 13.2 Å². The summed E-state index contributed by atoms with van der Waals surface area (Å²) in [7, 11) is -3.26. The fourth-order valence-corrected chi connectivity index (χ4v) is 3.73. The summed E-state index contributed by atoms with van der Waals surface area (Å²) in [6.45, 7) is 1.07. The van der Waals surface area contributed by atoms with Crippen LogP contribution < -0.4 is 4.72 Å². The van der Waals surface area contributed by atoms with Gasteiger partial charge in [0.05, 0.1) is 18.4 Å². The molecule has 1 aromatic carbocycles. The third-order valence-electron chi connectivity index (χ3n) is 4.06. The van der Waals surface area contributed by atoms with Crippen molar-refractivity contribution in [3.63, 3.8) is 0 Å². The molecule has 1 fully saturated rings. The van der Waals surface area contributed by atoms with Crippen molar-refractivity contribution in [3.05, 3.63) is 36.2 Å². The second-order valence-electron chi connectivity index (χ2n) is 6.17. The number of carbonyl (C=O) groups excluding carboxylic acids is 1. The number of hydrogen-bond donors (Lipinski definition) is 1. The first-order chi connectivity index (χ1) is 11.9. The fraction of sp³-hybridized carbons (Fsp3) is 0.467. The van der Waals surface area contributed by atoms with Crippen molar-refractivity contribution >= 4 is 15.9 Å². The molecule has 10 heteroatoms. The summed E-state index contributed by atoms with van der Waals surface area (Å²) in [5, 5.41) is 11.0. The number of sulfonamides is 1. The summed E-state index contributed by atoms with van der Waals surface area (Å²) in [4.78, 5) is 14.2. The smallest absolute Gasteiger partial charge is 0.227 e.